The van der Waals surface area contributed by atoms with Gasteiger partial charge >= 0.3 is 6.18 Å². The number of carbonyl (C=O) groups is 1. The predicted molar refractivity (Wildman–Crippen MR) is 147 cm³/mol. The Morgan fingerprint density at radius 2 is 1.90 bits per heavy atom. The van der Waals surface area contributed by atoms with E-state index in [9.17, 15) is 18.0 Å². The number of rotatable bonds is 8. The van der Waals surface area contributed by atoms with Crippen LogP contribution in [0.5, 0.6) is 0 Å². The van der Waals surface area contributed by atoms with Crippen LogP contribution in [0.15, 0.2) is 48.8 Å². The summed E-state index contributed by atoms with van der Waals surface area (Å²) in [6.07, 6.45) is 4.53. The van der Waals surface area contributed by atoms with Crippen molar-refractivity contribution in [2.45, 2.75) is 39.0 Å². The van der Waals surface area contributed by atoms with Crippen LogP contribution in [0.3, 0.4) is 0 Å². The van der Waals surface area contributed by atoms with E-state index in [2.05, 4.69) is 21.1 Å². The van der Waals surface area contributed by atoms with E-state index in [1.807, 2.05) is 26.8 Å². The number of nitrogens with one attached hydrogen (secondary N) is 1. The van der Waals surface area contributed by atoms with Gasteiger partial charge in [0.25, 0.3) is 5.91 Å². The van der Waals surface area contributed by atoms with Crippen LogP contribution in [0.4, 0.5) is 24.5 Å². The van der Waals surface area contributed by atoms with Crippen molar-refractivity contribution >= 4 is 17.3 Å². The van der Waals surface area contributed by atoms with Crippen molar-refractivity contribution in [1.82, 2.24) is 9.97 Å². The number of aromatic nitrogens is 2. The second kappa shape index (κ2) is 12.1. The molecule has 1 aliphatic rings. The van der Waals surface area contributed by atoms with Gasteiger partial charge in [0, 0.05) is 48.1 Å². The van der Waals surface area contributed by atoms with Gasteiger partial charge in [-0.05, 0) is 51.1 Å². The number of morpholine rings is 1. The molecule has 1 fully saturated rings. The van der Waals surface area contributed by atoms with Gasteiger partial charge in [-0.15, -0.1) is 12.3 Å². The zero-order chi connectivity index (χ0) is 28.9. The molecule has 4 rings (SSSR count). The quantitative estimate of drug-likeness (QED) is 0.280. The fraction of sp³-hybridized carbons (Fsp3) is 0.367. The summed E-state index contributed by atoms with van der Waals surface area (Å²) in [6, 6.07) is 8.03. The SMILES string of the molecule is C#CCCOC(C)(C)c1ncc(-c2cc(NC(=O)c3cccc(C(F)(F)F)c3)cnc2C)cc1N1CCOCC1. The average Bonchev–Trinajstić information content (AvgIpc) is 2.94. The van der Waals surface area contributed by atoms with Gasteiger partial charge in [-0.25, -0.2) is 0 Å². The molecule has 0 bridgehead atoms. The van der Waals surface area contributed by atoms with Crippen LogP contribution in [0, 0.1) is 19.3 Å². The summed E-state index contributed by atoms with van der Waals surface area (Å²) in [6.45, 7) is 8.67. The van der Waals surface area contributed by atoms with E-state index in [0.717, 1.165) is 34.6 Å². The summed E-state index contributed by atoms with van der Waals surface area (Å²) in [5, 5.41) is 2.66. The Hall–Kier alpha value is -3.94. The molecular formula is C30H31F3N4O3. The summed E-state index contributed by atoms with van der Waals surface area (Å²) in [7, 11) is 0. The molecule has 1 aromatic carbocycles. The third-order valence-corrected chi connectivity index (χ3v) is 6.61. The Labute approximate surface area is 231 Å². The lowest BCUT2D eigenvalue weighted by Crippen LogP contribution is -2.38. The molecule has 3 aromatic rings. The number of benzene rings is 1. The summed E-state index contributed by atoms with van der Waals surface area (Å²) in [4.78, 5) is 24.2. The van der Waals surface area contributed by atoms with Crippen LogP contribution < -0.4 is 10.2 Å². The first-order valence-corrected chi connectivity index (χ1v) is 12.9. The van der Waals surface area contributed by atoms with Crippen LogP contribution in [0.25, 0.3) is 11.1 Å². The largest absolute Gasteiger partial charge is 0.416 e. The lowest BCUT2D eigenvalue weighted by molar-refractivity contribution is -0.137. The molecule has 1 saturated heterocycles. The average molecular weight is 553 g/mol. The molecule has 0 saturated carbocycles. The lowest BCUT2D eigenvalue weighted by Gasteiger charge is -2.34. The molecule has 0 radical (unpaired) electrons. The second-order valence-electron chi connectivity index (χ2n) is 9.89. The minimum absolute atomic E-state index is 0.107. The Morgan fingerprint density at radius 3 is 2.60 bits per heavy atom. The fourth-order valence-corrected chi connectivity index (χ4v) is 4.48. The van der Waals surface area contributed by atoms with Crippen LogP contribution in [0.2, 0.25) is 0 Å². The van der Waals surface area contributed by atoms with Gasteiger partial charge in [0.15, 0.2) is 0 Å². The molecule has 1 aliphatic heterocycles. The van der Waals surface area contributed by atoms with Crippen molar-refractivity contribution in [3.05, 3.63) is 71.3 Å². The van der Waals surface area contributed by atoms with E-state index >= 15 is 0 Å². The maximum absolute atomic E-state index is 13.1. The van der Waals surface area contributed by atoms with Crippen LogP contribution >= 0.6 is 0 Å². The highest BCUT2D eigenvalue weighted by Crippen LogP contribution is 2.36. The predicted octanol–water partition coefficient (Wildman–Crippen LogP) is 5.83. The third-order valence-electron chi connectivity index (χ3n) is 6.61. The first-order chi connectivity index (χ1) is 19.0. The Balaban J connectivity index is 1.67. The van der Waals surface area contributed by atoms with Gasteiger partial charge in [-0.3, -0.25) is 14.8 Å². The second-order valence-corrected chi connectivity index (χ2v) is 9.89. The molecule has 1 N–H and O–H groups in total. The van der Waals surface area contributed by atoms with Crippen LogP contribution in [-0.2, 0) is 21.3 Å². The summed E-state index contributed by atoms with van der Waals surface area (Å²) >= 11 is 0. The smallest absolute Gasteiger partial charge is 0.378 e. The van der Waals surface area contributed by atoms with Crippen molar-refractivity contribution in [3.8, 4) is 23.5 Å². The highest BCUT2D eigenvalue weighted by molar-refractivity contribution is 6.04. The van der Waals surface area contributed by atoms with Gasteiger partial charge < -0.3 is 19.7 Å². The van der Waals surface area contributed by atoms with E-state index < -0.39 is 23.2 Å². The molecule has 2 aromatic heterocycles. The summed E-state index contributed by atoms with van der Waals surface area (Å²) in [5.41, 5.74) is 2.48. The number of nitrogens with zero attached hydrogens (tertiary/aromatic N) is 3. The van der Waals surface area contributed by atoms with Gasteiger partial charge in [0.1, 0.15) is 5.60 Å². The van der Waals surface area contributed by atoms with E-state index in [-0.39, 0.29) is 5.56 Å². The minimum Gasteiger partial charge on any atom is -0.378 e. The van der Waals surface area contributed by atoms with E-state index in [4.69, 9.17) is 20.9 Å². The number of pyridine rings is 2. The Kier molecular flexibility index (Phi) is 8.76. The molecule has 0 spiro atoms. The number of amides is 1. The molecule has 40 heavy (non-hydrogen) atoms. The maximum atomic E-state index is 13.1. The molecule has 3 heterocycles. The fourth-order valence-electron chi connectivity index (χ4n) is 4.48. The summed E-state index contributed by atoms with van der Waals surface area (Å²) < 4.78 is 51.0. The van der Waals surface area contributed by atoms with Gasteiger partial charge in [-0.2, -0.15) is 13.2 Å². The minimum atomic E-state index is -4.55. The van der Waals surface area contributed by atoms with E-state index in [0.29, 0.717) is 50.7 Å². The number of alkyl halides is 3. The van der Waals surface area contributed by atoms with Gasteiger partial charge in [0.2, 0.25) is 0 Å². The Bertz CT molecular complexity index is 1410. The zero-order valence-electron chi connectivity index (χ0n) is 22.6. The molecule has 0 aliphatic carbocycles. The molecule has 1 amide bonds. The number of anilines is 2. The van der Waals surface area contributed by atoms with Crippen molar-refractivity contribution in [2.75, 3.05) is 43.1 Å². The number of carbonyl (C=O) groups excluding carboxylic acids is 1. The number of halogens is 3. The standard InChI is InChI=1S/C30H31F3N4O3/c1-5-6-12-40-29(3,4)27-26(37-10-13-39-14-11-37)16-22(18-35-27)25-17-24(19-34-20(25)2)36-28(38)21-8-7-9-23(15-21)30(31,32)33/h1,7-9,15-19H,6,10-14H2,2-4H3,(H,36,38). The normalized spacial score (nSPS) is 14.1. The van der Waals surface area contributed by atoms with Crippen molar-refractivity contribution in [3.63, 3.8) is 0 Å². The topological polar surface area (TPSA) is 76.6 Å². The van der Waals surface area contributed by atoms with Gasteiger partial charge in [-0.1, -0.05) is 6.07 Å². The van der Waals surface area contributed by atoms with E-state index in [1.54, 1.807) is 12.3 Å². The first-order valence-electron chi connectivity index (χ1n) is 12.9. The first kappa shape index (κ1) is 29.1. The summed E-state index contributed by atoms with van der Waals surface area (Å²) in [5.74, 6) is 1.92. The maximum Gasteiger partial charge on any atom is 0.416 e. The number of hydrogen-bond acceptors (Lipinski definition) is 6. The number of terminal acetylenes is 1. The number of hydrogen-bond donors (Lipinski definition) is 1. The lowest BCUT2D eigenvalue weighted by atomic mass is 9.97. The molecule has 10 heteroatoms. The third kappa shape index (κ3) is 6.79. The monoisotopic (exact) mass is 552 g/mol. The molecule has 0 unspecified atom stereocenters. The van der Waals surface area contributed by atoms with Crippen molar-refractivity contribution in [2.24, 2.45) is 0 Å². The number of ether oxygens (including phenoxy) is 2. The Morgan fingerprint density at radius 1 is 1.15 bits per heavy atom. The van der Waals surface area contributed by atoms with Crippen LogP contribution in [-0.4, -0.2) is 48.8 Å². The molecule has 210 valence electrons. The highest BCUT2D eigenvalue weighted by atomic mass is 19.4. The molecular weight excluding hydrogens is 521 g/mol. The van der Waals surface area contributed by atoms with Crippen LogP contribution in [0.1, 0.15) is 47.6 Å². The van der Waals surface area contributed by atoms with Gasteiger partial charge in [0.05, 0.1) is 48.6 Å². The van der Waals surface area contributed by atoms with Crippen molar-refractivity contribution < 1.29 is 27.4 Å². The highest BCUT2D eigenvalue weighted by Gasteiger charge is 2.31. The zero-order valence-corrected chi connectivity index (χ0v) is 22.6. The molecule has 0 atom stereocenters. The van der Waals surface area contributed by atoms with E-state index in [1.165, 1.54) is 18.3 Å². The number of aryl methyl sites for hydroxylation is 1. The van der Waals surface area contributed by atoms with Crippen molar-refractivity contribution in [1.29, 1.82) is 0 Å². The molecule has 7 nitrogen and oxygen atoms in total.